The van der Waals surface area contributed by atoms with Crippen LogP contribution in [0.5, 0.6) is 0 Å². The number of carbonyl (C=O) groups is 1. The van der Waals surface area contributed by atoms with Gasteiger partial charge >= 0.3 is 58.1 Å². The van der Waals surface area contributed by atoms with Gasteiger partial charge in [-0.15, -0.1) is 0 Å². The Morgan fingerprint density at radius 3 is 2.00 bits per heavy atom. The van der Waals surface area contributed by atoms with E-state index < -0.39 is 19.2 Å². The zero-order chi connectivity index (χ0) is 7.49. The van der Waals surface area contributed by atoms with E-state index in [4.69, 9.17) is 5.11 Å². The third-order valence-corrected chi connectivity index (χ3v) is 4.76. The van der Waals surface area contributed by atoms with E-state index in [2.05, 4.69) is 17.3 Å². The van der Waals surface area contributed by atoms with Gasteiger partial charge in [0.25, 0.3) is 0 Å². The average molecular weight is 191 g/mol. The summed E-state index contributed by atoms with van der Waals surface area (Å²) in [5.74, 6) is 6.02. The Kier molecular flexibility index (Phi) is 3.25. The van der Waals surface area contributed by atoms with Crippen LogP contribution in [0.2, 0.25) is 22.5 Å². The molecule has 0 aromatic carbocycles. The number of rotatable bonds is 3. The predicted molar refractivity (Wildman–Crippen MR) is 40.4 cm³/mol. The molecule has 1 N–H and O–H groups in total. The standard InChI is InChI=1S/C6H14GeO2/c1-7(2,3)5-4-6(8)9/h4-5H2,1-3H3,(H,8,9). The van der Waals surface area contributed by atoms with E-state index in [-0.39, 0.29) is 0 Å². The summed E-state index contributed by atoms with van der Waals surface area (Å²) >= 11 is -1.54. The Morgan fingerprint density at radius 1 is 1.44 bits per heavy atom. The zero-order valence-corrected chi connectivity index (χ0v) is 8.37. The zero-order valence-electron chi connectivity index (χ0n) is 6.27. The molecule has 0 aromatic rings. The van der Waals surface area contributed by atoms with Crippen molar-refractivity contribution >= 4 is 19.2 Å². The molecule has 54 valence electrons. The Morgan fingerprint density at radius 2 is 1.89 bits per heavy atom. The molecular weight excluding hydrogens is 177 g/mol. The number of hydrogen-bond acceptors (Lipinski definition) is 1. The molecule has 0 radical (unpaired) electrons. The monoisotopic (exact) mass is 192 g/mol. The van der Waals surface area contributed by atoms with Crippen LogP contribution in [0.15, 0.2) is 0 Å². The fraction of sp³-hybridized carbons (Fsp3) is 0.833. The second-order valence-corrected chi connectivity index (χ2v) is 15.2. The van der Waals surface area contributed by atoms with Gasteiger partial charge in [-0.1, -0.05) is 0 Å². The molecule has 3 heteroatoms. The van der Waals surface area contributed by atoms with Crippen molar-refractivity contribution < 1.29 is 9.90 Å². The SMILES string of the molecule is [CH3][Ge]([CH3])([CH3])[CH2]CC(=O)O. The maximum atomic E-state index is 10.1. The Hall–Kier alpha value is 0.0129. The van der Waals surface area contributed by atoms with Crippen molar-refractivity contribution in [2.75, 3.05) is 0 Å². The van der Waals surface area contributed by atoms with Gasteiger partial charge in [0.05, 0.1) is 0 Å². The van der Waals surface area contributed by atoms with E-state index in [9.17, 15) is 4.79 Å². The number of carboxylic acids is 1. The molecule has 0 aliphatic heterocycles. The van der Waals surface area contributed by atoms with Crippen LogP contribution in [0, 0.1) is 0 Å². The van der Waals surface area contributed by atoms with Crippen molar-refractivity contribution in [3.63, 3.8) is 0 Å². The van der Waals surface area contributed by atoms with Crippen molar-refractivity contribution in [1.82, 2.24) is 0 Å². The molecule has 0 unspecified atom stereocenters. The second kappa shape index (κ2) is 3.25. The molecule has 9 heavy (non-hydrogen) atoms. The van der Waals surface area contributed by atoms with Gasteiger partial charge < -0.3 is 0 Å². The van der Waals surface area contributed by atoms with Crippen molar-refractivity contribution in [1.29, 1.82) is 0 Å². The molecule has 0 fully saturated rings. The summed E-state index contributed by atoms with van der Waals surface area (Å²) in [4.78, 5) is 10.1. The number of carboxylic acid groups (broad SMARTS) is 1. The van der Waals surface area contributed by atoms with Gasteiger partial charge in [0.15, 0.2) is 0 Å². The van der Waals surface area contributed by atoms with E-state index in [0.29, 0.717) is 6.42 Å². The predicted octanol–water partition coefficient (Wildman–Crippen LogP) is 1.80. The van der Waals surface area contributed by atoms with Crippen molar-refractivity contribution in [3.8, 4) is 0 Å². The first-order valence-corrected chi connectivity index (χ1v) is 10.9. The van der Waals surface area contributed by atoms with Crippen LogP contribution >= 0.6 is 0 Å². The molecule has 0 spiro atoms. The van der Waals surface area contributed by atoms with Crippen molar-refractivity contribution in [2.45, 2.75) is 28.9 Å². The fourth-order valence-electron chi connectivity index (χ4n) is 0.482. The number of hydrogen-bond donors (Lipinski definition) is 1. The van der Waals surface area contributed by atoms with E-state index >= 15 is 0 Å². The Bertz CT molecular complexity index is 104. The van der Waals surface area contributed by atoms with Crippen LogP contribution in [0.25, 0.3) is 0 Å². The Labute approximate surface area is 58.6 Å². The summed E-state index contributed by atoms with van der Waals surface area (Å²) in [6.45, 7) is 0. The van der Waals surface area contributed by atoms with Crippen LogP contribution in [-0.4, -0.2) is 24.3 Å². The molecule has 0 atom stereocenters. The first-order valence-electron chi connectivity index (χ1n) is 3.13. The van der Waals surface area contributed by atoms with Crippen LogP contribution in [0.4, 0.5) is 0 Å². The normalized spacial score (nSPS) is 11.4. The van der Waals surface area contributed by atoms with Gasteiger partial charge in [-0.05, 0) is 0 Å². The molecule has 0 amide bonds. The molecule has 0 rings (SSSR count). The fourth-order valence-corrected chi connectivity index (χ4v) is 2.50. The quantitative estimate of drug-likeness (QED) is 0.690. The summed E-state index contributed by atoms with van der Waals surface area (Å²) < 4.78 is 0. The van der Waals surface area contributed by atoms with E-state index in [1.807, 2.05) is 0 Å². The van der Waals surface area contributed by atoms with Gasteiger partial charge in [-0.25, -0.2) is 0 Å². The summed E-state index contributed by atoms with van der Waals surface area (Å²) in [5.41, 5.74) is 0. The molecule has 0 aromatic heterocycles. The first-order chi connectivity index (χ1) is 3.92. The minimum atomic E-state index is -1.54. The molecule has 0 bridgehead atoms. The minimum absolute atomic E-state index is 0.365. The van der Waals surface area contributed by atoms with Gasteiger partial charge in [-0.3, -0.25) is 0 Å². The molecule has 0 heterocycles. The molecular formula is C6H14GeO2. The Balaban J connectivity index is 3.39. The van der Waals surface area contributed by atoms with Crippen LogP contribution in [0.1, 0.15) is 6.42 Å². The molecule has 0 aliphatic carbocycles. The molecule has 0 saturated heterocycles. The number of aliphatic carboxylic acids is 1. The maximum absolute atomic E-state index is 10.1. The van der Waals surface area contributed by atoms with Crippen LogP contribution in [0.3, 0.4) is 0 Å². The van der Waals surface area contributed by atoms with Crippen molar-refractivity contribution in [3.05, 3.63) is 0 Å². The van der Waals surface area contributed by atoms with E-state index in [1.165, 1.54) is 0 Å². The molecule has 0 saturated carbocycles. The van der Waals surface area contributed by atoms with Gasteiger partial charge in [0.2, 0.25) is 0 Å². The molecule has 0 aliphatic rings. The summed E-state index contributed by atoms with van der Waals surface area (Å²) in [5, 5.41) is 9.25. The van der Waals surface area contributed by atoms with Crippen LogP contribution < -0.4 is 0 Å². The average Bonchev–Trinajstić information content (AvgIpc) is 1.59. The van der Waals surface area contributed by atoms with Gasteiger partial charge in [0, 0.05) is 0 Å². The van der Waals surface area contributed by atoms with Crippen molar-refractivity contribution in [2.24, 2.45) is 0 Å². The van der Waals surface area contributed by atoms with Crippen LogP contribution in [-0.2, 0) is 4.79 Å². The third kappa shape index (κ3) is 8.01. The third-order valence-electron chi connectivity index (χ3n) is 1.09. The van der Waals surface area contributed by atoms with Gasteiger partial charge in [-0.2, -0.15) is 0 Å². The summed E-state index contributed by atoms with van der Waals surface area (Å²) in [7, 11) is 0. The van der Waals surface area contributed by atoms with Gasteiger partial charge in [0.1, 0.15) is 0 Å². The second-order valence-electron chi connectivity index (χ2n) is 3.45. The summed E-state index contributed by atoms with van der Waals surface area (Å²) in [6.07, 6.45) is 0.365. The molecule has 2 nitrogen and oxygen atoms in total. The van der Waals surface area contributed by atoms with E-state index in [0.717, 1.165) is 5.25 Å². The van der Waals surface area contributed by atoms with E-state index in [1.54, 1.807) is 0 Å². The summed E-state index contributed by atoms with van der Waals surface area (Å²) in [6, 6.07) is 0. The first kappa shape index (κ1) is 9.01. The topological polar surface area (TPSA) is 37.3 Å².